The van der Waals surface area contributed by atoms with Crippen molar-refractivity contribution in [1.29, 1.82) is 0 Å². The second-order valence-corrected chi connectivity index (χ2v) is 8.94. The molecule has 35 heavy (non-hydrogen) atoms. The molecule has 9 heteroatoms. The van der Waals surface area contributed by atoms with Crippen LogP contribution in [-0.4, -0.2) is 22.0 Å². The Morgan fingerprint density at radius 3 is 2.63 bits per heavy atom. The Bertz CT molecular complexity index is 1380. The van der Waals surface area contributed by atoms with Crippen LogP contribution in [0.4, 0.5) is 15.9 Å². The second kappa shape index (κ2) is 10.7. The number of nitrogens with one attached hydrogen (secondary N) is 1. The number of nitrogen functional groups attached to an aromatic ring is 1. The number of carbonyl (C=O) groups excluding carboxylic acids is 1. The third-order valence-corrected chi connectivity index (χ3v) is 6.35. The normalized spacial score (nSPS) is 13.4. The summed E-state index contributed by atoms with van der Waals surface area (Å²) in [5.41, 5.74) is 6.30. The number of benzene rings is 2. The molecule has 0 aliphatic heterocycles. The zero-order valence-electron chi connectivity index (χ0n) is 19.1. The number of amides is 1. The molecule has 3 N–H and O–H groups in total. The van der Waals surface area contributed by atoms with Gasteiger partial charge in [-0.05, 0) is 55.9 Å². The number of hydrogen-bond acceptors (Lipinski definition) is 4. The number of nitrogens with zero attached hydrogens (tertiary/aromatic N) is 2. The van der Waals surface area contributed by atoms with Gasteiger partial charge in [-0.1, -0.05) is 53.6 Å². The largest absolute Gasteiger partial charge is 0.383 e. The predicted molar refractivity (Wildman–Crippen MR) is 136 cm³/mol. The van der Waals surface area contributed by atoms with Crippen LogP contribution in [0.3, 0.4) is 0 Å². The molecule has 1 aromatic heterocycles. The van der Waals surface area contributed by atoms with E-state index in [1.165, 1.54) is 16.7 Å². The van der Waals surface area contributed by atoms with Gasteiger partial charge in [0.15, 0.2) is 5.69 Å². The van der Waals surface area contributed by atoms with Gasteiger partial charge in [0.1, 0.15) is 11.6 Å². The van der Waals surface area contributed by atoms with Crippen LogP contribution in [0.1, 0.15) is 48.0 Å². The van der Waals surface area contributed by atoms with Crippen molar-refractivity contribution in [1.82, 2.24) is 9.55 Å². The first-order valence-electron chi connectivity index (χ1n) is 11.5. The van der Waals surface area contributed by atoms with Gasteiger partial charge in [-0.2, -0.15) is 0 Å². The molecule has 2 aromatic carbocycles. The summed E-state index contributed by atoms with van der Waals surface area (Å²) in [4.78, 5) is 42.6. The number of carbonyl (C=O) groups is 1. The van der Waals surface area contributed by atoms with E-state index in [0.29, 0.717) is 6.42 Å². The molecule has 0 atom stereocenters. The first-order valence-corrected chi connectivity index (χ1v) is 11.8. The van der Waals surface area contributed by atoms with Crippen molar-refractivity contribution in [3.8, 4) is 0 Å². The van der Waals surface area contributed by atoms with E-state index in [1.54, 1.807) is 0 Å². The van der Waals surface area contributed by atoms with E-state index in [0.717, 1.165) is 47.8 Å². The van der Waals surface area contributed by atoms with Gasteiger partial charge in [0.05, 0.1) is 12.1 Å². The number of aromatic amines is 1. The molecule has 7 nitrogen and oxygen atoms in total. The molecule has 0 radical (unpaired) electrons. The summed E-state index contributed by atoms with van der Waals surface area (Å²) >= 11 is 6.02. The molecule has 0 spiro atoms. The Kier molecular flexibility index (Phi) is 7.51. The average Bonchev–Trinajstić information content (AvgIpc) is 2.86. The zero-order valence-corrected chi connectivity index (χ0v) is 19.9. The van der Waals surface area contributed by atoms with Crippen molar-refractivity contribution < 1.29 is 9.18 Å². The number of rotatable bonds is 7. The highest BCUT2D eigenvalue weighted by atomic mass is 35.5. The number of aromatic nitrogens is 2. The molecule has 1 amide bonds. The van der Waals surface area contributed by atoms with E-state index in [-0.39, 0.29) is 35.2 Å². The molecule has 1 heterocycles. The van der Waals surface area contributed by atoms with E-state index in [2.05, 4.69) is 11.1 Å². The molecule has 1 aliphatic rings. The quantitative estimate of drug-likeness (QED) is 0.470. The van der Waals surface area contributed by atoms with Crippen LogP contribution < -0.4 is 21.9 Å². The lowest BCUT2D eigenvalue weighted by atomic mass is 9.97. The van der Waals surface area contributed by atoms with Gasteiger partial charge < -0.3 is 10.6 Å². The Balaban J connectivity index is 1.80. The molecule has 0 fully saturated rings. The number of anilines is 2. The maximum absolute atomic E-state index is 14.6. The molecular weight excluding hydrogens is 471 g/mol. The van der Waals surface area contributed by atoms with Crippen LogP contribution in [0, 0.1) is 5.82 Å². The van der Waals surface area contributed by atoms with Crippen molar-refractivity contribution in [3.63, 3.8) is 0 Å². The molecule has 3 aromatic rings. The maximum atomic E-state index is 14.6. The second-order valence-electron chi connectivity index (χ2n) is 8.50. The number of hydrogen-bond donors (Lipinski definition) is 2. The lowest BCUT2D eigenvalue weighted by Crippen LogP contribution is -2.42. The van der Waals surface area contributed by atoms with E-state index in [1.807, 2.05) is 30.3 Å². The standard InChI is InChI=1S/C26H26ClFN4O3/c27-19-11-12-21(28)20(15-19)25(34)31(14-13-17-7-3-1-4-8-17)22-23(29)32(26(35)30-24(22)33)16-18-9-5-2-6-10-18/h2,5-7,9-12,15H,1,3-4,8,13-14,16,29H2,(H,30,33,35). The van der Waals surface area contributed by atoms with Gasteiger partial charge in [0.25, 0.3) is 11.5 Å². The van der Waals surface area contributed by atoms with E-state index >= 15 is 0 Å². The first-order chi connectivity index (χ1) is 16.8. The number of allylic oxidation sites excluding steroid dienone is 1. The van der Waals surface area contributed by atoms with E-state index in [4.69, 9.17) is 17.3 Å². The number of nitrogens with two attached hydrogens (primary N) is 1. The summed E-state index contributed by atoms with van der Waals surface area (Å²) in [6.07, 6.45) is 6.63. The fourth-order valence-electron chi connectivity index (χ4n) is 4.27. The molecule has 0 unspecified atom stereocenters. The van der Waals surface area contributed by atoms with Gasteiger partial charge in [-0.25, -0.2) is 9.18 Å². The summed E-state index contributed by atoms with van der Waals surface area (Å²) in [6, 6.07) is 12.8. The van der Waals surface area contributed by atoms with Crippen molar-refractivity contribution in [3.05, 3.63) is 103 Å². The third-order valence-electron chi connectivity index (χ3n) is 6.11. The van der Waals surface area contributed by atoms with E-state index < -0.39 is 23.0 Å². The Hall–Kier alpha value is -3.65. The van der Waals surface area contributed by atoms with Gasteiger partial charge in [0, 0.05) is 11.6 Å². The molecule has 1 aliphatic carbocycles. The van der Waals surface area contributed by atoms with Crippen molar-refractivity contribution in [2.24, 2.45) is 0 Å². The molecule has 4 rings (SSSR count). The van der Waals surface area contributed by atoms with Crippen molar-refractivity contribution in [2.45, 2.75) is 38.6 Å². The van der Waals surface area contributed by atoms with Crippen molar-refractivity contribution in [2.75, 3.05) is 17.2 Å². The van der Waals surface area contributed by atoms with Gasteiger partial charge in [-0.15, -0.1) is 0 Å². The van der Waals surface area contributed by atoms with Crippen LogP contribution in [-0.2, 0) is 6.54 Å². The lowest BCUT2D eigenvalue weighted by molar-refractivity contribution is 0.0983. The lowest BCUT2D eigenvalue weighted by Gasteiger charge is -2.26. The highest BCUT2D eigenvalue weighted by molar-refractivity contribution is 6.31. The molecule has 0 saturated carbocycles. The topological polar surface area (TPSA) is 101 Å². The summed E-state index contributed by atoms with van der Waals surface area (Å²) in [5, 5.41) is 0.181. The highest BCUT2D eigenvalue weighted by Crippen LogP contribution is 2.26. The van der Waals surface area contributed by atoms with Gasteiger partial charge >= 0.3 is 5.69 Å². The number of halogens is 2. The Labute approximate surface area is 206 Å². The molecular formula is C26H26ClFN4O3. The fourth-order valence-corrected chi connectivity index (χ4v) is 4.44. The minimum Gasteiger partial charge on any atom is -0.383 e. The number of H-pyrrole nitrogens is 1. The first kappa shape index (κ1) is 24.5. The fraction of sp³-hybridized carbons (Fsp3) is 0.269. The van der Waals surface area contributed by atoms with Crippen LogP contribution in [0.15, 0.2) is 69.8 Å². The molecule has 0 bridgehead atoms. The predicted octanol–water partition coefficient (Wildman–Crippen LogP) is 4.50. The maximum Gasteiger partial charge on any atom is 0.330 e. The van der Waals surface area contributed by atoms with Crippen LogP contribution in [0.5, 0.6) is 0 Å². The summed E-state index contributed by atoms with van der Waals surface area (Å²) < 4.78 is 15.8. The van der Waals surface area contributed by atoms with Crippen LogP contribution >= 0.6 is 11.6 Å². The summed E-state index contributed by atoms with van der Waals surface area (Å²) in [6.45, 7) is 0.182. The minimum atomic E-state index is -0.815. The third kappa shape index (κ3) is 5.54. The van der Waals surface area contributed by atoms with Crippen LogP contribution in [0.25, 0.3) is 0 Å². The Morgan fingerprint density at radius 1 is 1.14 bits per heavy atom. The van der Waals surface area contributed by atoms with Crippen molar-refractivity contribution >= 4 is 29.0 Å². The SMILES string of the molecule is Nc1c(N(CCC2=CCCCC2)C(=O)c2cc(Cl)ccc2F)c(=O)[nH]c(=O)n1Cc1ccccc1. The van der Waals surface area contributed by atoms with Crippen LogP contribution in [0.2, 0.25) is 5.02 Å². The van der Waals surface area contributed by atoms with E-state index in [9.17, 15) is 18.8 Å². The Morgan fingerprint density at radius 2 is 1.91 bits per heavy atom. The monoisotopic (exact) mass is 496 g/mol. The van der Waals surface area contributed by atoms with Gasteiger partial charge in [0.2, 0.25) is 0 Å². The average molecular weight is 497 g/mol. The summed E-state index contributed by atoms with van der Waals surface area (Å²) in [5.74, 6) is -1.70. The summed E-state index contributed by atoms with van der Waals surface area (Å²) in [7, 11) is 0. The highest BCUT2D eigenvalue weighted by Gasteiger charge is 2.27. The minimum absolute atomic E-state index is 0.0907. The van der Waals surface area contributed by atoms with Gasteiger partial charge in [-0.3, -0.25) is 19.1 Å². The molecule has 182 valence electrons. The molecule has 0 saturated heterocycles. The zero-order chi connectivity index (χ0) is 24.9. The smallest absolute Gasteiger partial charge is 0.330 e.